The molecule has 5 heteroatoms. The molecule has 0 aliphatic heterocycles. The molecule has 4 nitrogen and oxygen atoms in total. The number of anilines is 1. The van der Waals surface area contributed by atoms with E-state index in [9.17, 15) is 4.79 Å². The molecule has 0 bridgehead atoms. The van der Waals surface area contributed by atoms with Crippen molar-refractivity contribution in [1.29, 1.82) is 0 Å². The standard InChI is InChI=1S/C17H21N3OS/c1-17(2,13-6-4-3-5-7-13)11-18-15(21)20-16-19-14(10-22-16)12-8-9-12/h3-7,10,12H,8-9,11H2,1-2H3,(H2,18,19,20,21). The van der Waals surface area contributed by atoms with Crippen LogP contribution in [0.25, 0.3) is 0 Å². The summed E-state index contributed by atoms with van der Waals surface area (Å²) in [7, 11) is 0. The lowest BCUT2D eigenvalue weighted by Gasteiger charge is -2.25. The summed E-state index contributed by atoms with van der Waals surface area (Å²) in [5.41, 5.74) is 2.21. The molecule has 3 rings (SSSR count). The minimum Gasteiger partial charge on any atom is -0.337 e. The fourth-order valence-electron chi connectivity index (χ4n) is 2.34. The summed E-state index contributed by atoms with van der Waals surface area (Å²) < 4.78 is 0. The number of thiazole rings is 1. The average molecular weight is 315 g/mol. The van der Waals surface area contributed by atoms with Crippen molar-refractivity contribution in [3.8, 4) is 0 Å². The first-order chi connectivity index (χ1) is 10.5. The van der Waals surface area contributed by atoms with Crippen LogP contribution in [-0.4, -0.2) is 17.6 Å². The Labute approximate surface area is 135 Å². The first kappa shape index (κ1) is 15.0. The van der Waals surface area contributed by atoms with Gasteiger partial charge < -0.3 is 5.32 Å². The van der Waals surface area contributed by atoms with Gasteiger partial charge in [0.1, 0.15) is 0 Å². The van der Waals surface area contributed by atoms with Crippen LogP contribution in [0, 0.1) is 0 Å². The molecule has 0 unspecified atom stereocenters. The van der Waals surface area contributed by atoms with E-state index in [-0.39, 0.29) is 11.4 Å². The molecule has 1 aromatic heterocycles. The summed E-state index contributed by atoms with van der Waals surface area (Å²) in [4.78, 5) is 16.5. The Kier molecular flexibility index (Phi) is 4.16. The van der Waals surface area contributed by atoms with Gasteiger partial charge in [0.25, 0.3) is 0 Å². The summed E-state index contributed by atoms with van der Waals surface area (Å²) >= 11 is 1.49. The average Bonchev–Trinajstić information content (AvgIpc) is 3.27. The molecule has 0 saturated heterocycles. The van der Waals surface area contributed by atoms with Crippen LogP contribution in [0.3, 0.4) is 0 Å². The first-order valence-electron chi connectivity index (χ1n) is 7.60. The fraction of sp³-hybridized carbons (Fsp3) is 0.412. The molecule has 1 aromatic carbocycles. The van der Waals surface area contributed by atoms with Gasteiger partial charge in [-0.3, -0.25) is 5.32 Å². The van der Waals surface area contributed by atoms with Crippen molar-refractivity contribution in [2.24, 2.45) is 0 Å². The largest absolute Gasteiger partial charge is 0.337 e. The van der Waals surface area contributed by atoms with Gasteiger partial charge in [0.15, 0.2) is 5.13 Å². The highest BCUT2D eigenvalue weighted by molar-refractivity contribution is 7.13. The molecule has 0 spiro atoms. The lowest BCUT2D eigenvalue weighted by atomic mass is 9.85. The van der Waals surface area contributed by atoms with Gasteiger partial charge in [0.2, 0.25) is 0 Å². The van der Waals surface area contributed by atoms with E-state index >= 15 is 0 Å². The minimum absolute atomic E-state index is 0.110. The number of urea groups is 1. The second-order valence-corrected chi connectivity index (χ2v) is 7.27. The van der Waals surface area contributed by atoms with Crippen molar-refractivity contribution in [1.82, 2.24) is 10.3 Å². The Morgan fingerprint density at radius 2 is 2.05 bits per heavy atom. The maximum absolute atomic E-state index is 12.0. The van der Waals surface area contributed by atoms with Crippen LogP contribution in [0.15, 0.2) is 35.7 Å². The van der Waals surface area contributed by atoms with Crippen molar-refractivity contribution in [2.75, 3.05) is 11.9 Å². The topological polar surface area (TPSA) is 54.0 Å². The van der Waals surface area contributed by atoms with Gasteiger partial charge in [0, 0.05) is 23.3 Å². The monoisotopic (exact) mass is 315 g/mol. The number of aromatic nitrogens is 1. The Balaban J connectivity index is 1.53. The highest BCUT2D eigenvalue weighted by Gasteiger charge is 2.26. The third-order valence-electron chi connectivity index (χ3n) is 3.98. The zero-order valence-corrected chi connectivity index (χ0v) is 13.7. The second kappa shape index (κ2) is 6.08. The number of hydrogen-bond acceptors (Lipinski definition) is 3. The van der Waals surface area contributed by atoms with E-state index in [2.05, 4.69) is 41.6 Å². The molecule has 2 N–H and O–H groups in total. The fourth-order valence-corrected chi connectivity index (χ4v) is 3.13. The summed E-state index contributed by atoms with van der Waals surface area (Å²) in [5, 5.41) is 8.49. The van der Waals surface area contributed by atoms with Crippen LogP contribution in [0.5, 0.6) is 0 Å². The van der Waals surface area contributed by atoms with Crippen molar-refractivity contribution >= 4 is 22.5 Å². The lowest BCUT2D eigenvalue weighted by Crippen LogP contribution is -2.38. The van der Waals surface area contributed by atoms with Crippen LogP contribution < -0.4 is 10.6 Å². The smallest absolute Gasteiger partial charge is 0.321 e. The maximum Gasteiger partial charge on any atom is 0.321 e. The molecule has 116 valence electrons. The molecule has 22 heavy (non-hydrogen) atoms. The molecule has 1 aliphatic carbocycles. The molecule has 1 fully saturated rings. The van der Waals surface area contributed by atoms with Crippen molar-refractivity contribution in [2.45, 2.75) is 38.0 Å². The normalized spacial score (nSPS) is 14.6. The van der Waals surface area contributed by atoms with Crippen LogP contribution in [0.2, 0.25) is 0 Å². The number of nitrogens with zero attached hydrogens (tertiary/aromatic N) is 1. The highest BCUT2D eigenvalue weighted by atomic mass is 32.1. The van der Waals surface area contributed by atoms with E-state index in [1.165, 1.54) is 29.7 Å². The number of benzene rings is 1. The van der Waals surface area contributed by atoms with E-state index in [1.54, 1.807) is 0 Å². The van der Waals surface area contributed by atoms with Crippen LogP contribution >= 0.6 is 11.3 Å². The Bertz CT molecular complexity index is 647. The zero-order valence-electron chi connectivity index (χ0n) is 12.9. The number of carbonyl (C=O) groups excluding carboxylic acids is 1. The van der Waals surface area contributed by atoms with Crippen LogP contribution in [0.1, 0.15) is 43.9 Å². The lowest BCUT2D eigenvalue weighted by molar-refractivity contribution is 0.249. The SMILES string of the molecule is CC(C)(CNC(=O)Nc1nc(C2CC2)cs1)c1ccccc1. The van der Waals surface area contributed by atoms with Gasteiger partial charge in [0.05, 0.1) is 5.69 Å². The number of nitrogens with one attached hydrogen (secondary N) is 2. The van der Waals surface area contributed by atoms with Gasteiger partial charge in [-0.1, -0.05) is 44.2 Å². The number of amides is 2. The molecule has 0 atom stereocenters. The molecular weight excluding hydrogens is 294 g/mol. The van der Waals surface area contributed by atoms with Gasteiger partial charge in [-0.05, 0) is 18.4 Å². The van der Waals surface area contributed by atoms with Gasteiger partial charge in [-0.25, -0.2) is 9.78 Å². The summed E-state index contributed by atoms with van der Waals surface area (Å²) in [6.07, 6.45) is 2.45. The second-order valence-electron chi connectivity index (χ2n) is 6.41. The summed E-state index contributed by atoms with van der Waals surface area (Å²) in [6, 6.07) is 10.0. The molecule has 2 amide bonds. The van der Waals surface area contributed by atoms with E-state index in [0.717, 1.165) is 5.69 Å². The molecular formula is C17H21N3OS. The van der Waals surface area contributed by atoms with Gasteiger partial charge in [-0.2, -0.15) is 0 Å². The van der Waals surface area contributed by atoms with E-state index in [1.807, 2.05) is 23.6 Å². The summed E-state index contributed by atoms with van der Waals surface area (Å²) in [6.45, 7) is 4.82. The third kappa shape index (κ3) is 3.65. The number of hydrogen-bond donors (Lipinski definition) is 2. The number of carbonyl (C=O) groups is 1. The highest BCUT2D eigenvalue weighted by Crippen LogP contribution is 2.40. The molecule has 1 saturated carbocycles. The molecule has 1 heterocycles. The Hall–Kier alpha value is -1.88. The van der Waals surface area contributed by atoms with Crippen molar-refractivity contribution in [3.63, 3.8) is 0 Å². The molecule has 0 radical (unpaired) electrons. The zero-order chi connectivity index (χ0) is 15.6. The van der Waals surface area contributed by atoms with Crippen molar-refractivity contribution in [3.05, 3.63) is 47.0 Å². The predicted octanol–water partition coefficient (Wildman–Crippen LogP) is 4.12. The van der Waals surface area contributed by atoms with Crippen LogP contribution in [0.4, 0.5) is 9.93 Å². The number of rotatable bonds is 5. The molecule has 2 aromatic rings. The Morgan fingerprint density at radius 3 is 2.73 bits per heavy atom. The molecule has 1 aliphatic rings. The van der Waals surface area contributed by atoms with E-state index in [0.29, 0.717) is 17.6 Å². The third-order valence-corrected chi connectivity index (χ3v) is 4.76. The quantitative estimate of drug-likeness (QED) is 0.872. The van der Waals surface area contributed by atoms with Gasteiger partial charge in [-0.15, -0.1) is 11.3 Å². The van der Waals surface area contributed by atoms with Crippen LogP contribution in [-0.2, 0) is 5.41 Å². The minimum atomic E-state index is -0.194. The van der Waals surface area contributed by atoms with E-state index < -0.39 is 0 Å². The summed E-state index contributed by atoms with van der Waals surface area (Å²) in [5.74, 6) is 0.617. The van der Waals surface area contributed by atoms with Crippen molar-refractivity contribution < 1.29 is 4.79 Å². The van der Waals surface area contributed by atoms with Gasteiger partial charge >= 0.3 is 6.03 Å². The maximum atomic E-state index is 12.0. The van der Waals surface area contributed by atoms with E-state index in [4.69, 9.17) is 0 Å². The Morgan fingerprint density at radius 1 is 1.32 bits per heavy atom. The first-order valence-corrected chi connectivity index (χ1v) is 8.48. The predicted molar refractivity (Wildman–Crippen MR) is 90.6 cm³/mol.